The first-order chi connectivity index (χ1) is 6.40. The molecule has 1 aliphatic rings. The predicted molar refractivity (Wildman–Crippen MR) is 60.1 cm³/mol. The predicted octanol–water partition coefficient (Wildman–Crippen LogP) is 3.78. The van der Waals surface area contributed by atoms with Crippen LogP contribution in [-0.2, 0) is 17.9 Å². The summed E-state index contributed by atoms with van der Waals surface area (Å²) in [6, 6.07) is 7.03. The van der Waals surface area contributed by atoms with E-state index >= 15 is 0 Å². The molecule has 0 saturated heterocycles. The molecule has 0 aromatic heterocycles. The van der Waals surface area contributed by atoms with Crippen molar-refractivity contribution < 1.29 is 0 Å². The van der Waals surface area contributed by atoms with Gasteiger partial charge in [0.25, 0.3) is 0 Å². The number of benzene rings is 1. The van der Waals surface area contributed by atoms with E-state index in [-0.39, 0.29) is 0 Å². The summed E-state index contributed by atoms with van der Waals surface area (Å²) in [5.41, 5.74) is 4.67. The van der Waals surface area contributed by atoms with Gasteiger partial charge < -0.3 is 0 Å². The van der Waals surface area contributed by atoms with E-state index in [1.807, 2.05) is 11.8 Å². The summed E-state index contributed by atoms with van der Waals surface area (Å²) in [6.45, 7) is 2.25. The van der Waals surface area contributed by atoms with Crippen LogP contribution in [0.2, 0.25) is 0 Å². The quantitative estimate of drug-likeness (QED) is 0.702. The highest BCUT2D eigenvalue weighted by Gasteiger charge is 2.10. The molecular formula is C12H16S. The Balaban J connectivity index is 2.12. The summed E-state index contributed by atoms with van der Waals surface area (Å²) in [7, 11) is 0. The van der Waals surface area contributed by atoms with Crippen molar-refractivity contribution in [1.82, 2.24) is 0 Å². The van der Waals surface area contributed by atoms with Gasteiger partial charge >= 0.3 is 0 Å². The molecule has 1 aliphatic heterocycles. The van der Waals surface area contributed by atoms with Gasteiger partial charge in [-0.05, 0) is 29.5 Å². The maximum Gasteiger partial charge on any atom is 0.0191 e. The Kier molecular flexibility index (Phi) is 2.94. The van der Waals surface area contributed by atoms with Gasteiger partial charge in [-0.15, -0.1) is 0 Å². The van der Waals surface area contributed by atoms with Gasteiger partial charge in [0.1, 0.15) is 0 Å². The van der Waals surface area contributed by atoms with Gasteiger partial charge in [0.05, 0.1) is 0 Å². The van der Waals surface area contributed by atoms with Crippen LogP contribution in [0.4, 0.5) is 0 Å². The fourth-order valence-corrected chi connectivity index (χ4v) is 2.85. The second kappa shape index (κ2) is 4.19. The molecule has 0 spiro atoms. The maximum atomic E-state index is 2.41. The zero-order chi connectivity index (χ0) is 9.10. The van der Waals surface area contributed by atoms with Crippen LogP contribution in [0.25, 0.3) is 0 Å². The molecule has 1 heterocycles. The average molecular weight is 192 g/mol. The molecule has 0 aliphatic carbocycles. The lowest BCUT2D eigenvalue weighted by molar-refractivity contribution is 0.794. The molecule has 0 amide bonds. The summed E-state index contributed by atoms with van der Waals surface area (Å²) in [6.07, 6.45) is 3.88. The van der Waals surface area contributed by atoms with E-state index < -0.39 is 0 Å². The molecule has 0 saturated carbocycles. The van der Waals surface area contributed by atoms with Crippen molar-refractivity contribution in [3.63, 3.8) is 0 Å². The van der Waals surface area contributed by atoms with Gasteiger partial charge in [-0.2, -0.15) is 11.8 Å². The molecule has 1 aromatic rings. The highest BCUT2D eigenvalue weighted by molar-refractivity contribution is 7.98. The smallest absolute Gasteiger partial charge is 0.0191 e. The molecule has 0 nitrogen and oxygen atoms in total. The Morgan fingerprint density at radius 2 is 2.08 bits per heavy atom. The van der Waals surface area contributed by atoms with Crippen LogP contribution in [0.15, 0.2) is 18.2 Å². The van der Waals surface area contributed by atoms with Crippen molar-refractivity contribution in [1.29, 1.82) is 0 Å². The van der Waals surface area contributed by atoms with Crippen molar-refractivity contribution in [2.75, 3.05) is 0 Å². The van der Waals surface area contributed by atoms with Gasteiger partial charge in [-0.1, -0.05) is 31.5 Å². The number of unbranched alkanes of at least 4 members (excludes halogenated alkanes) is 1. The first-order valence-corrected chi connectivity index (χ1v) is 6.24. The van der Waals surface area contributed by atoms with Crippen LogP contribution in [0.1, 0.15) is 36.5 Å². The first kappa shape index (κ1) is 9.14. The van der Waals surface area contributed by atoms with E-state index in [4.69, 9.17) is 0 Å². The van der Waals surface area contributed by atoms with E-state index in [0.717, 1.165) is 0 Å². The van der Waals surface area contributed by atoms with E-state index in [0.29, 0.717) is 0 Å². The largest absolute Gasteiger partial charge is 0.152 e. The molecule has 70 valence electrons. The highest BCUT2D eigenvalue weighted by atomic mass is 32.2. The number of thioether (sulfide) groups is 1. The van der Waals surface area contributed by atoms with Gasteiger partial charge in [0.2, 0.25) is 0 Å². The van der Waals surface area contributed by atoms with Crippen LogP contribution in [-0.4, -0.2) is 0 Å². The lowest BCUT2D eigenvalue weighted by Crippen LogP contribution is -1.88. The Morgan fingerprint density at radius 1 is 1.23 bits per heavy atom. The topological polar surface area (TPSA) is 0 Å². The Morgan fingerprint density at radius 3 is 2.92 bits per heavy atom. The highest BCUT2D eigenvalue weighted by Crippen LogP contribution is 2.30. The summed E-state index contributed by atoms with van der Waals surface area (Å²) < 4.78 is 0. The number of hydrogen-bond acceptors (Lipinski definition) is 1. The lowest BCUT2D eigenvalue weighted by Gasteiger charge is -2.03. The molecular weight excluding hydrogens is 176 g/mol. The minimum Gasteiger partial charge on any atom is -0.152 e. The van der Waals surface area contributed by atoms with Crippen LogP contribution >= 0.6 is 11.8 Å². The van der Waals surface area contributed by atoms with Gasteiger partial charge in [-0.25, -0.2) is 0 Å². The molecule has 2 rings (SSSR count). The normalized spacial score (nSPS) is 14.5. The average Bonchev–Trinajstić information content (AvgIpc) is 2.61. The van der Waals surface area contributed by atoms with Crippen LogP contribution in [0.3, 0.4) is 0 Å². The third-order valence-corrected chi connectivity index (χ3v) is 3.64. The zero-order valence-electron chi connectivity index (χ0n) is 8.18. The van der Waals surface area contributed by atoms with Crippen molar-refractivity contribution in [2.45, 2.75) is 37.7 Å². The van der Waals surface area contributed by atoms with E-state index in [1.165, 1.54) is 36.3 Å². The standard InChI is InChI=1S/C12H16S/c1-2-3-4-10-5-6-11-8-13-9-12(11)7-10/h5-7H,2-4,8-9H2,1H3. The fourth-order valence-electron chi connectivity index (χ4n) is 1.76. The summed E-state index contributed by atoms with van der Waals surface area (Å²) >= 11 is 2.04. The molecule has 0 N–H and O–H groups in total. The number of rotatable bonds is 3. The second-order valence-electron chi connectivity index (χ2n) is 3.70. The number of aryl methyl sites for hydroxylation is 1. The third kappa shape index (κ3) is 2.08. The summed E-state index contributed by atoms with van der Waals surface area (Å²) in [4.78, 5) is 0. The molecule has 0 bridgehead atoms. The van der Waals surface area contributed by atoms with E-state index in [9.17, 15) is 0 Å². The zero-order valence-corrected chi connectivity index (χ0v) is 8.99. The molecule has 1 aromatic carbocycles. The van der Waals surface area contributed by atoms with Crippen LogP contribution in [0.5, 0.6) is 0 Å². The fraction of sp³-hybridized carbons (Fsp3) is 0.500. The van der Waals surface area contributed by atoms with Gasteiger partial charge in [0, 0.05) is 11.5 Å². The van der Waals surface area contributed by atoms with Crippen LogP contribution in [0, 0.1) is 0 Å². The van der Waals surface area contributed by atoms with Crippen molar-refractivity contribution >= 4 is 11.8 Å². The Labute approximate surface area is 84.7 Å². The van der Waals surface area contributed by atoms with Gasteiger partial charge in [0.15, 0.2) is 0 Å². The van der Waals surface area contributed by atoms with Crippen LogP contribution < -0.4 is 0 Å². The van der Waals surface area contributed by atoms with E-state index in [1.54, 1.807) is 11.1 Å². The third-order valence-electron chi connectivity index (χ3n) is 2.60. The number of hydrogen-bond donors (Lipinski definition) is 0. The SMILES string of the molecule is CCCCc1ccc2c(c1)CSC2. The molecule has 0 radical (unpaired) electrons. The lowest BCUT2D eigenvalue weighted by atomic mass is 10.0. The maximum absolute atomic E-state index is 2.41. The van der Waals surface area contributed by atoms with Crippen molar-refractivity contribution in [2.24, 2.45) is 0 Å². The molecule has 0 atom stereocenters. The van der Waals surface area contributed by atoms with Crippen molar-refractivity contribution in [3.8, 4) is 0 Å². The minimum absolute atomic E-state index is 1.23. The number of fused-ring (bicyclic) bond motifs is 1. The molecule has 1 heteroatoms. The summed E-state index contributed by atoms with van der Waals surface area (Å²) in [5, 5.41) is 0. The summed E-state index contributed by atoms with van der Waals surface area (Å²) in [5.74, 6) is 2.46. The first-order valence-electron chi connectivity index (χ1n) is 5.08. The van der Waals surface area contributed by atoms with E-state index in [2.05, 4.69) is 25.1 Å². The monoisotopic (exact) mass is 192 g/mol. The molecule has 0 fully saturated rings. The second-order valence-corrected chi connectivity index (χ2v) is 4.69. The van der Waals surface area contributed by atoms with Crippen molar-refractivity contribution in [3.05, 3.63) is 34.9 Å². The Bertz CT molecular complexity index is 291. The van der Waals surface area contributed by atoms with Gasteiger partial charge in [-0.3, -0.25) is 0 Å². The Hall–Kier alpha value is -0.430. The minimum atomic E-state index is 1.23. The molecule has 0 unspecified atom stereocenters. The molecule has 13 heavy (non-hydrogen) atoms.